The summed E-state index contributed by atoms with van der Waals surface area (Å²) in [7, 11) is -4.29. The fourth-order valence-corrected chi connectivity index (χ4v) is 3.18. The molecule has 0 amide bonds. The summed E-state index contributed by atoms with van der Waals surface area (Å²) < 4.78 is 82.6. The van der Waals surface area contributed by atoms with Gasteiger partial charge in [-0.1, -0.05) is 0 Å². The molecule has 1 aromatic heterocycles. The lowest BCUT2D eigenvalue weighted by molar-refractivity contribution is -0.139. The minimum atomic E-state index is -4.97. The predicted molar refractivity (Wildman–Crippen MR) is 79.0 cm³/mol. The first-order valence-corrected chi connectivity index (χ1v) is 8.07. The summed E-state index contributed by atoms with van der Waals surface area (Å²) >= 11 is 0. The molecule has 0 spiro atoms. The summed E-state index contributed by atoms with van der Waals surface area (Å²) in [5.41, 5.74) is -1.85. The van der Waals surface area contributed by atoms with Crippen LogP contribution < -0.4 is 10.5 Å². The Kier molecular flexibility index (Phi) is 3.82. The van der Waals surface area contributed by atoms with Crippen molar-refractivity contribution in [1.82, 2.24) is 4.98 Å². The highest BCUT2D eigenvalue weighted by Gasteiger charge is 2.34. The molecule has 0 radical (unpaired) electrons. The molecule has 0 unspecified atom stereocenters. The number of fused-ring (bicyclic) bond motifs is 1. The molecule has 0 fully saturated rings. The van der Waals surface area contributed by atoms with Gasteiger partial charge in [-0.2, -0.15) is 13.2 Å². The van der Waals surface area contributed by atoms with E-state index in [-0.39, 0.29) is 16.0 Å². The molecule has 3 aromatic rings. The van der Waals surface area contributed by atoms with Gasteiger partial charge in [-0.3, -0.25) is 9.71 Å². The number of aromatic amines is 1. The maximum absolute atomic E-state index is 13.3. The molecule has 132 valence electrons. The molecule has 0 saturated carbocycles. The molecule has 0 aliphatic carbocycles. The first-order valence-electron chi connectivity index (χ1n) is 6.59. The van der Waals surface area contributed by atoms with Crippen LogP contribution in [0.25, 0.3) is 11.1 Å². The van der Waals surface area contributed by atoms with Gasteiger partial charge >= 0.3 is 11.9 Å². The zero-order valence-corrected chi connectivity index (χ0v) is 12.8. The molecule has 0 atom stereocenters. The Morgan fingerprint density at radius 1 is 1.08 bits per heavy atom. The Bertz CT molecular complexity index is 1120. The van der Waals surface area contributed by atoms with Crippen molar-refractivity contribution in [3.63, 3.8) is 0 Å². The maximum atomic E-state index is 13.3. The fourth-order valence-electron chi connectivity index (χ4n) is 2.11. The van der Waals surface area contributed by atoms with Gasteiger partial charge in [0.25, 0.3) is 10.0 Å². The second-order valence-electron chi connectivity index (χ2n) is 4.97. The summed E-state index contributed by atoms with van der Waals surface area (Å²) in [6.45, 7) is 0. The van der Waals surface area contributed by atoms with Crippen molar-refractivity contribution in [3.05, 3.63) is 58.3 Å². The van der Waals surface area contributed by atoms with Crippen molar-refractivity contribution in [3.8, 4) is 0 Å². The van der Waals surface area contributed by atoms with Gasteiger partial charge in [0.05, 0.1) is 16.0 Å². The van der Waals surface area contributed by atoms with Crippen molar-refractivity contribution in [2.45, 2.75) is 11.1 Å². The number of oxazole rings is 1. The van der Waals surface area contributed by atoms with Gasteiger partial charge in [-0.25, -0.2) is 17.6 Å². The molecule has 2 N–H and O–H groups in total. The summed E-state index contributed by atoms with van der Waals surface area (Å²) in [6, 6.07) is 5.14. The minimum Gasteiger partial charge on any atom is -0.408 e. The van der Waals surface area contributed by atoms with Crippen molar-refractivity contribution in [2.75, 3.05) is 4.72 Å². The molecule has 11 heteroatoms. The lowest BCUT2D eigenvalue weighted by Crippen LogP contribution is -2.15. The molecule has 0 aliphatic heterocycles. The van der Waals surface area contributed by atoms with Crippen LogP contribution in [0, 0.1) is 5.82 Å². The molecule has 0 saturated heterocycles. The average molecular weight is 376 g/mol. The average Bonchev–Trinajstić information content (AvgIpc) is 2.87. The topological polar surface area (TPSA) is 92.2 Å². The Hall–Kier alpha value is -2.82. The number of rotatable bonds is 3. The van der Waals surface area contributed by atoms with E-state index in [1.807, 2.05) is 4.72 Å². The van der Waals surface area contributed by atoms with Crippen molar-refractivity contribution in [2.24, 2.45) is 0 Å². The molecular weight excluding hydrogens is 368 g/mol. The molecule has 6 nitrogen and oxygen atoms in total. The highest BCUT2D eigenvalue weighted by atomic mass is 32.2. The van der Waals surface area contributed by atoms with E-state index in [1.54, 1.807) is 0 Å². The van der Waals surface area contributed by atoms with Gasteiger partial charge in [0, 0.05) is 11.8 Å². The van der Waals surface area contributed by atoms with Gasteiger partial charge in [0.1, 0.15) is 5.82 Å². The quantitative estimate of drug-likeness (QED) is 0.687. The van der Waals surface area contributed by atoms with Crippen LogP contribution in [0.5, 0.6) is 0 Å². The van der Waals surface area contributed by atoms with Crippen LogP contribution in [0.15, 0.2) is 50.5 Å². The Labute approximate surface area is 137 Å². The number of halogens is 4. The van der Waals surface area contributed by atoms with Gasteiger partial charge < -0.3 is 4.42 Å². The fraction of sp³-hybridized carbons (Fsp3) is 0.0714. The van der Waals surface area contributed by atoms with E-state index in [1.165, 1.54) is 6.07 Å². The lowest BCUT2D eigenvalue weighted by Gasteiger charge is -2.12. The number of aromatic nitrogens is 1. The third-order valence-corrected chi connectivity index (χ3v) is 4.61. The highest BCUT2D eigenvalue weighted by molar-refractivity contribution is 7.92. The van der Waals surface area contributed by atoms with Crippen LogP contribution in [0.1, 0.15) is 5.56 Å². The molecule has 25 heavy (non-hydrogen) atoms. The van der Waals surface area contributed by atoms with Crippen LogP contribution in [-0.2, 0) is 16.2 Å². The van der Waals surface area contributed by atoms with Gasteiger partial charge in [-0.15, -0.1) is 0 Å². The first kappa shape index (κ1) is 17.0. The highest BCUT2D eigenvalue weighted by Crippen LogP contribution is 2.33. The van der Waals surface area contributed by atoms with E-state index in [9.17, 15) is 30.8 Å². The van der Waals surface area contributed by atoms with Gasteiger partial charge in [0.2, 0.25) is 0 Å². The molecular formula is C14H8F4N2O4S. The molecule has 3 rings (SSSR count). The van der Waals surface area contributed by atoms with E-state index < -0.39 is 39.0 Å². The van der Waals surface area contributed by atoms with E-state index >= 15 is 0 Å². The largest absolute Gasteiger partial charge is 0.419 e. The second-order valence-corrected chi connectivity index (χ2v) is 6.65. The number of hydrogen-bond donors (Lipinski definition) is 2. The smallest absolute Gasteiger partial charge is 0.408 e. The Morgan fingerprint density at radius 3 is 2.48 bits per heavy atom. The first-order chi connectivity index (χ1) is 11.6. The van der Waals surface area contributed by atoms with Crippen LogP contribution in [0.4, 0.5) is 23.2 Å². The number of hydrogen-bond acceptors (Lipinski definition) is 4. The second kappa shape index (κ2) is 5.62. The summed E-state index contributed by atoms with van der Waals surface area (Å²) in [6.07, 6.45) is -4.97. The van der Waals surface area contributed by atoms with Gasteiger partial charge in [0.15, 0.2) is 5.58 Å². The lowest BCUT2D eigenvalue weighted by atomic mass is 10.2. The van der Waals surface area contributed by atoms with Crippen molar-refractivity contribution < 1.29 is 30.4 Å². The standard InChI is InChI=1S/C14H8F4N2O4S/c15-10-3-1-7(5-9(10)14(16,17)18)20-25(22,23)8-2-4-11-12(6-8)24-13(21)19-11/h1-6,20H,(H,19,21). The van der Waals surface area contributed by atoms with Crippen molar-refractivity contribution in [1.29, 1.82) is 0 Å². The Morgan fingerprint density at radius 2 is 1.80 bits per heavy atom. The van der Waals surface area contributed by atoms with Crippen molar-refractivity contribution >= 4 is 26.8 Å². The zero-order chi connectivity index (χ0) is 18.4. The molecule has 2 aromatic carbocycles. The molecule has 0 bridgehead atoms. The zero-order valence-electron chi connectivity index (χ0n) is 12.0. The molecule has 1 heterocycles. The third kappa shape index (κ3) is 3.36. The number of H-pyrrole nitrogens is 1. The van der Waals surface area contributed by atoms with Gasteiger partial charge in [-0.05, 0) is 30.3 Å². The van der Waals surface area contributed by atoms with E-state index in [2.05, 4.69) is 4.98 Å². The Balaban J connectivity index is 1.99. The van der Waals surface area contributed by atoms with Crippen LogP contribution >= 0.6 is 0 Å². The number of anilines is 1. The number of alkyl halides is 3. The van der Waals surface area contributed by atoms with Crippen LogP contribution in [0.3, 0.4) is 0 Å². The van der Waals surface area contributed by atoms with E-state index in [0.717, 1.165) is 18.2 Å². The van der Waals surface area contributed by atoms with Crippen LogP contribution in [0.2, 0.25) is 0 Å². The summed E-state index contributed by atoms with van der Waals surface area (Å²) in [5.74, 6) is -2.31. The summed E-state index contributed by atoms with van der Waals surface area (Å²) in [4.78, 5) is 13.0. The monoisotopic (exact) mass is 376 g/mol. The normalized spacial score (nSPS) is 12.5. The van der Waals surface area contributed by atoms with E-state index in [4.69, 9.17) is 4.42 Å². The summed E-state index contributed by atoms with van der Waals surface area (Å²) in [5, 5.41) is 0. The van der Waals surface area contributed by atoms with E-state index in [0.29, 0.717) is 12.1 Å². The third-order valence-electron chi connectivity index (χ3n) is 3.23. The maximum Gasteiger partial charge on any atom is 0.419 e. The number of sulfonamides is 1. The molecule has 0 aliphatic rings. The number of benzene rings is 2. The SMILES string of the molecule is O=c1[nH]c2ccc(S(=O)(=O)Nc3ccc(F)c(C(F)(F)F)c3)cc2o1. The minimum absolute atomic E-state index is 0.0389. The predicted octanol–water partition coefficient (Wildman–Crippen LogP) is 3.08. The number of nitrogens with one attached hydrogen (secondary N) is 2. The van der Waals surface area contributed by atoms with Crippen LogP contribution in [-0.4, -0.2) is 13.4 Å².